The fourth-order valence-electron chi connectivity index (χ4n) is 7.35. The number of fused-ring (bicyclic) bond motifs is 3. The Morgan fingerprint density at radius 3 is 1.00 bits per heavy atom. The van der Waals surface area contributed by atoms with Crippen LogP contribution < -0.4 is 9.80 Å². The van der Waals surface area contributed by atoms with Gasteiger partial charge >= 0.3 is 0 Å². The lowest BCUT2D eigenvalue weighted by molar-refractivity contribution is 1.16. The first-order valence-corrected chi connectivity index (χ1v) is 18.0. The van der Waals surface area contributed by atoms with Crippen molar-refractivity contribution < 1.29 is 0 Å². The van der Waals surface area contributed by atoms with E-state index in [1.165, 1.54) is 0 Å². The maximum absolute atomic E-state index is 5.22. The number of rotatable bonds is 8. The molecule has 1 aliphatic carbocycles. The third-order valence-corrected chi connectivity index (χ3v) is 9.78. The summed E-state index contributed by atoms with van der Waals surface area (Å²) in [5.74, 6) is 1.22. The molecular weight excluding hydrogens is 661 g/mol. The molecule has 54 heavy (non-hydrogen) atoms. The second-order valence-corrected chi connectivity index (χ2v) is 13.1. The highest BCUT2D eigenvalue weighted by Crippen LogP contribution is 2.46. The van der Waals surface area contributed by atoms with Crippen molar-refractivity contribution >= 4 is 45.2 Å². The van der Waals surface area contributed by atoms with Crippen LogP contribution >= 0.6 is 0 Å². The van der Waals surface area contributed by atoms with Gasteiger partial charge in [0.25, 0.3) is 0 Å². The highest BCUT2D eigenvalue weighted by Gasteiger charge is 2.28. The van der Waals surface area contributed by atoms with E-state index in [0.717, 1.165) is 73.2 Å². The normalized spacial score (nSPS) is 11.3. The fourth-order valence-corrected chi connectivity index (χ4v) is 7.35. The van der Waals surface area contributed by atoms with Crippen molar-refractivity contribution in [1.29, 1.82) is 0 Å². The zero-order valence-electron chi connectivity index (χ0n) is 29.2. The summed E-state index contributed by atoms with van der Waals surface area (Å²) in [7, 11) is 0. The smallest absolute Gasteiger partial charge is 0.168 e. The van der Waals surface area contributed by atoms with Crippen molar-refractivity contribution in [3.05, 3.63) is 194 Å². The van der Waals surface area contributed by atoms with Gasteiger partial charge in [0.15, 0.2) is 17.3 Å². The van der Waals surface area contributed by atoms with Crippen LogP contribution in [0.25, 0.3) is 56.3 Å². The first-order chi connectivity index (χ1) is 26.8. The molecule has 6 heteroatoms. The van der Waals surface area contributed by atoms with Gasteiger partial charge in [0.05, 0.1) is 16.8 Å². The van der Waals surface area contributed by atoms with Gasteiger partial charge in [-0.3, -0.25) is 0 Å². The molecule has 1 aliphatic rings. The SMILES string of the molecule is c1ccc(N(c2ccccc2)c2cccc(-c3nc4c5c(nc(-c6cccc(N(c7ccccc7)c7ccccc7)c6)nc5n3)-c3ccccc3-4)c2)cc1. The maximum Gasteiger partial charge on any atom is 0.168 e. The lowest BCUT2D eigenvalue weighted by atomic mass is 10.1. The number of anilines is 6. The summed E-state index contributed by atoms with van der Waals surface area (Å²) in [6, 6.07) is 66.8. The molecule has 0 N–H and O–H groups in total. The van der Waals surface area contributed by atoms with Crippen molar-refractivity contribution in [1.82, 2.24) is 19.9 Å². The first kappa shape index (κ1) is 31.3. The van der Waals surface area contributed by atoms with Crippen LogP contribution in [0.5, 0.6) is 0 Å². The van der Waals surface area contributed by atoms with Gasteiger partial charge in [0.1, 0.15) is 0 Å². The predicted molar refractivity (Wildman–Crippen MR) is 220 cm³/mol. The summed E-state index contributed by atoms with van der Waals surface area (Å²) in [5.41, 5.74) is 12.5. The molecular formula is C48H32N6. The van der Waals surface area contributed by atoms with Crippen LogP contribution in [0.15, 0.2) is 194 Å². The Kier molecular flexibility index (Phi) is 7.69. The van der Waals surface area contributed by atoms with Gasteiger partial charge < -0.3 is 9.80 Å². The summed E-state index contributed by atoms with van der Waals surface area (Å²) in [6.45, 7) is 0. The van der Waals surface area contributed by atoms with Crippen LogP contribution in [0.4, 0.5) is 34.1 Å². The summed E-state index contributed by atoms with van der Waals surface area (Å²) < 4.78 is 0. The van der Waals surface area contributed by atoms with Crippen LogP contribution in [0.2, 0.25) is 0 Å². The summed E-state index contributed by atoms with van der Waals surface area (Å²) in [4.78, 5) is 25.3. The van der Waals surface area contributed by atoms with Gasteiger partial charge in [-0.25, -0.2) is 19.9 Å². The Morgan fingerprint density at radius 2 is 0.630 bits per heavy atom. The molecule has 0 bridgehead atoms. The molecule has 0 fully saturated rings. The van der Waals surface area contributed by atoms with Crippen molar-refractivity contribution in [2.45, 2.75) is 0 Å². The minimum absolute atomic E-state index is 0.612. The molecule has 0 saturated carbocycles. The average molecular weight is 693 g/mol. The lowest BCUT2D eigenvalue weighted by Gasteiger charge is -2.25. The van der Waals surface area contributed by atoms with E-state index in [1.54, 1.807) is 0 Å². The van der Waals surface area contributed by atoms with Crippen molar-refractivity contribution in [2.24, 2.45) is 0 Å². The van der Waals surface area contributed by atoms with Crippen LogP contribution in [0.3, 0.4) is 0 Å². The van der Waals surface area contributed by atoms with Gasteiger partial charge in [0.2, 0.25) is 0 Å². The van der Waals surface area contributed by atoms with E-state index in [4.69, 9.17) is 19.9 Å². The number of hydrogen-bond donors (Lipinski definition) is 0. The lowest BCUT2D eigenvalue weighted by Crippen LogP contribution is -2.10. The van der Waals surface area contributed by atoms with Crippen LogP contribution in [-0.4, -0.2) is 19.9 Å². The van der Waals surface area contributed by atoms with E-state index in [9.17, 15) is 0 Å². The Hall–Kier alpha value is -7.44. The van der Waals surface area contributed by atoms with E-state index in [1.807, 2.05) is 24.3 Å². The number of nitrogens with zero attached hydrogens (tertiary/aromatic N) is 6. The molecule has 0 amide bonds. The monoisotopic (exact) mass is 692 g/mol. The summed E-state index contributed by atoms with van der Waals surface area (Å²) >= 11 is 0. The molecule has 10 rings (SSSR count). The van der Waals surface area contributed by atoms with E-state index >= 15 is 0 Å². The molecule has 0 radical (unpaired) electrons. The quantitative estimate of drug-likeness (QED) is 0.158. The van der Waals surface area contributed by atoms with Crippen molar-refractivity contribution in [2.75, 3.05) is 9.80 Å². The maximum atomic E-state index is 5.22. The van der Waals surface area contributed by atoms with E-state index in [0.29, 0.717) is 17.3 Å². The Bertz CT molecular complexity index is 2510. The second-order valence-electron chi connectivity index (χ2n) is 13.1. The fraction of sp³-hybridized carbons (Fsp3) is 0. The van der Waals surface area contributed by atoms with Gasteiger partial charge in [-0.15, -0.1) is 0 Å². The molecule has 0 atom stereocenters. The topological polar surface area (TPSA) is 58.0 Å². The molecule has 6 nitrogen and oxygen atoms in total. The highest BCUT2D eigenvalue weighted by molar-refractivity contribution is 6.11. The summed E-state index contributed by atoms with van der Waals surface area (Å²) in [6.07, 6.45) is 0. The second kappa shape index (κ2) is 13.3. The minimum atomic E-state index is 0.612. The Labute approximate surface area is 313 Å². The van der Waals surface area contributed by atoms with E-state index in [2.05, 4.69) is 180 Å². The third-order valence-electron chi connectivity index (χ3n) is 9.78. The first-order valence-electron chi connectivity index (χ1n) is 18.0. The average Bonchev–Trinajstić information content (AvgIpc) is 3.57. The standard InChI is InChI=1S/C48H32N6/c1-5-19-35(20-6-1)53(36-21-7-2-8-22-36)39-27-15-17-33(31-39)46-49-44-41-29-13-14-30-42(41)45-43(44)48(51-46)52-47(50-45)34-18-16-28-40(32-34)54(37-23-9-3-10-24-37)38-25-11-4-12-26-38/h1-32H. The molecule has 0 unspecified atom stereocenters. The molecule has 0 spiro atoms. The van der Waals surface area contributed by atoms with Crippen molar-refractivity contribution in [3.63, 3.8) is 0 Å². The van der Waals surface area contributed by atoms with Gasteiger partial charge in [-0.2, -0.15) is 0 Å². The number of benzene rings is 7. The molecule has 0 aliphatic heterocycles. The van der Waals surface area contributed by atoms with E-state index < -0.39 is 0 Å². The van der Waals surface area contributed by atoms with Gasteiger partial charge in [0, 0.05) is 56.4 Å². The number of aromatic nitrogens is 4. The van der Waals surface area contributed by atoms with E-state index in [-0.39, 0.29) is 0 Å². The number of hydrogen-bond acceptors (Lipinski definition) is 6. The Balaban J connectivity index is 1.12. The highest BCUT2D eigenvalue weighted by atomic mass is 15.1. The number of para-hydroxylation sites is 4. The minimum Gasteiger partial charge on any atom is -0.310 e. The zero-order valence-corrected chi connectivity index (χ0v) is 29.2. The molecule has 7 aromatic carbocycles. The molecule has 2 aromatic heterocycles. The van der Waals surface area contributed by atoms with Gasteiger partial charge in [-0.1, -0.05) is 121 Å². The predicted octanol–water partition coefficient (Wildman–Crippen LogP) is 12.3. The molecule has 0 saturated heterocycles. The molecule has 2 heterocycles. The van der Waals surface area contributed by atoms with Crippen molar-refractivity contribution in [3.8, 4) is 45.3 Å². The Morgan fingerprint density at radius 1 is 0.296 bits per heavy atom. The van der Waals surface area contributed by atoms with Crippen LogP contribution in [0.1, 0.15) is 0 Å². The third kappa shape index (κ3) is 5.54. The molecule has 254 valence electrons. The summed E-state index contributed by atoms with van der Waals surface area (Å²) in [5, 5.41) is 0.876. The van der Waals surface area contributed by atoms with Gasteiger partial charge in [-0.05, 0) is 72.8 Å². The van der Waals surface area contributed by atoms with Crippen LogP contribution in [-0.2, 0) is 0 Å². The molecule has 9 aromatic rings. The largest absolute Gasteiger partial charge is 0.310 e. The van der Waals surface area contributed by atoms with Crippen LogP contribution in [0, 0.1) is 0 Å². The zero-order chi connectivity index (χ0) is 35.8.